The van der Waals surface area contributed by atoms with E-state index in [0.29, 0.717) is 17.5 Å². The molecule has 0 saturated carbocycles. The predicted octanol–water partition coefficient (Wildman–Crippen LogP) is 3.34. The third-order valence-electron chi connectivity index (χ3n) is 2.98. The number of carbonyl (C=O) groups excluding carboxylic acids is 1. The Labute approximate surface area is 144 Å². The summed E-state index contributed by atoms with van der Waals surface area (Å²) in [4.78, 5) is 20.7. The Bertz CT molecular complexity index is 659. The first-order valence-corrected chi connectivity index (χ1v) is 9.26. The SMILES string of the molecule is CCC(Sc1cc(C)ncn1)C(=O)Nc1nnc(CC(C)C)s1. The summed E-state index contributed by atoms with van der Waals surface area (Å²) < 4.78 is 0. The van der Waals surface area contributed by atoms with Gasteiger partial charge in [-0.15, -0.1) is 10.2 Å². The summed E-state index contributed by atoms with van der Waals surface area (Å²) in [5, 5.41) is 13.1. The molecule has 1 N–H and O–H groups in total. The molecular weight excluding hydrogens is 330 g/mol. The number of carbonyl (C=O) groups is 1. The van der Waals surface area contributed by atoms with Gasteiger partial charge in [-0.25, -0.2) is 9.97 Å². The highest BCUT2D eigenvalue weighted by atomic mass is 32.2. The molecule has 6 nitrogen and oxygen atoms in total. The Morgan fingerprint density at radius 2 is 2.13 bits per heavy atom. The monoisotopic (exact) mass is 351 g/mol. The number of thioether (sulfide) groups is 1. The normalized spacial score (nSPS) is 12.4. The van der Waals surface area contributed by atoms with Gasteiger partial charge in [0, 0.05) is 12.1 Å². The molecule has 0 radical (unpaired) electrons. The van der Waals surface area contributed by atoms with Crippen molar-refractivity contribution in [2.75, 3.05) is 5.32 Å². The largest absolute Gasteiger partial charge is 0.300 e. The minimum Gasteiger partial charge on any atom is -0.300 e. The molecule has 2 aromatic heterocycles. The quantitative estimate of drug-likeness (QED) is 0.609. The minimum absolute atomic E-state index is 0.0685. The van der Waals surface area contributed by atoms with Crippen LogP contribution in [0.25, 0.3) is 0 Å². The van der Waals surface area contributed by atoms with Crippen LogP contribution in [0, 0.1) is 12.8 Å². The molecule has 2 heterocycles. The van der Waals surface area contributed by atoms with E-state index in [1.54, 1.807) is 0 Å². The number of aromatic nitrogens is 4. The molecule has 0 bridgehead atoms. The number of rotatable bonds is 7. The van der Waals surface area contributed by atoms with E-state index < -0.39 is 0 Å². The van der Waals surface area contributed by atoms with E-state index >= 15 is 0 Å². The predicted molar refractivity (Wildman–Crippen MR) is 93.8 cm³/mol. The molecule has 0 aliphatic carbocycles. The number of anilines is 1. The summed E-state index contributed by atoms with van der Waals surface area (Å²) in [7, 11) is 0. The molecule has 1 atom stereocenters. The van der Waals surface area contributed by atoms with Gasteiger partial charge >= 0.3 is 0 Å². The Balaban J connectivity index is 1.98. The summed E-state index contributed by atoms with van der Waals surface area (Å²) in [6, 6.07) is 1.88. The fourth-order valence-corrected chi connectivity index (χ4v) is 3.81. The van der Waals surface area contributed by atoms with E-state index in [1.165, 1.54) is 29.4 Å². The Morgan fingerprint density at radius 1 is 1.35 bits per heavy atom. The molecule has 0 aliphatic rings. The molecule has 124 valence electrons. The average Bonchev–Trinajstić information content (AvgIpc) is 2.91. The van der Waals surface area contributed by atoms with Crippen LogP contribution in [0.2, 0.25) is 0 Å². The number of nitrogens with one attached hydrogen (secondary N) is 1. The minimum atomic E-state index is -0.221. The van der Waals surface area contributed by atoms with E-state index in [0.717, 1.165) is 22.1 Å². The van der Waals surface area contributed by atoms with Crippen molar-refractivity contribution in [3.8, 4) is 0 Å². The fourth-order valence-electron chi connectivity index (χ4n) is 1.88. The zero-order valence-corrected chi connectivity index (χ0v) is 15.4. The van der Waals surface area contributed by atoms with Crippen molar-refractivity contribution in [2.24, 2.45) is 5.92 Å². The molecule has 2 aromatic rings. The lowest BCUT2D eigenvalue weighted by atomic mass is 10.1. The lowest BCUT2D eigenvalue weighted by molar-refractivity contribution is -0.115. The van der Waals surface area contributed by atoms with Gasteiger partial charge in [0.25, 0.3) is 0 Å². The Morgan fingerprint density at radius 3 is 2.78 bits per heavy atom. The van der Waals surface area contributed by atoms with Crippen LogP contribution < -0.4 is 5.32 Å². The number of hydrogen-bond acceptors (Lipinski definition) is 7. The lowest BCUT2D eigenvalue weighted by Crippen LogP contribution is -2.24. The molecule has 0 aromatic carbocycles. The van der Waals surface area contributed by atoms with Crippen LogP contribution in [0.1, 0.15) is 37.9 Å². The zero-order valence-electron chi connectivity index (χ0n) is 13.7. The second-order valence-corrected chi connectivity index (χ2v) is 7.89. The summed E-state index contributed by atoms with van der Waals surface area (Å²) in [5.41, 5.74) is 0.889. The maximum atomic E-state index is 12.4. The van der Waals surface area contributed by atoms with Crippen LogP contribution in [0.15, 0.2) is 17.4 Å². The van der Waals surface area contributed by atoms with E-state index in [9.17, 15) is 4.79 Å². The summed E-state index contributed by atoms with van der Waals surface area (Å²) >= 11 is 2.88. The molecule has 0 saturated heterocycles. The van der Waals surface area contributed by atoms with Crippen LogP contribution in [0.4, 0.5) is 5.13 Å². The maximum absolute atomic E-state index is 12.4. The Kier molecular flexibility index (Phi) is 6.47. The van der Waals surface area contributed by atoms with Crippen molar-refractivity contribution in [2.45, 2.75) is 50.8 Å². The van der Waals surface area contributed by atoms with Gasteiger partial charge in [-0.1, -0.05) is 43.9 Å². The topological polar surface area (TPSA) is 80.7 Å². The Hall–Kier alpha value is -1.54. The highest BCUT2D eigenvalue weighted by Gasteiger charge is 2.20. The zero-order chi connectivity index (χ0) is 16.8. The highest BCUT2D eigenvalue weighted by molar-refractivity contribution is 8.00. The molecule has 8 heteroatoms. The van der Waals surface area contributed by atoms with Gasteiger partial charge in [0.05, 0.1) is 5.25 Å². The fraction of sp³-hybridized carbons (Fsp3) is 0.533. The van der Waals surface area contributed by atoms with Gasteiger partial charge in [0.15, 0.2) is 0 Å². The van der Waals surface area contributed by atoms with Crippen LogP contribution in [-0.4, -0.2) is 31.3 Å². The second-order valence-electron chi connectivity index (χ2n) is 5.60. The van der Waals surface area contributed by atoms with Crippen LogP contribution in [0.5, 0.6) is 0 Å². The number of hydrogen-bond donors (Lipinski definition) is 1. The van der Waals surface area contributed by atoms with Crippen molar-refractivity contribution in [1.82, 2.24) is 20.2 Å². The van der Waals surface area contributed by atoms with Crippen molar-refractivity contribution >= 4 is 34.1 Å². The molecule has 1 amide bonds. The van der Waals surface area contributed by atoms with Gasteiger partial charge in [0.1, 0.15) is 16.4 Å². The van der Waals surface area contributed by atoms with E-state index in [1.807, 2.05) is 19.9 Å². The van der Waals surface area contributed by atoms with Crippen molar-refractivity contribution in [1.29, 1.82) is 0 Å². The average molecular weight is 352 g/mol. The van der Waals surface area contributed by atoms with E-state index in [2.05, 4.69) is 39.3 Å². The lowest BCUT2D eigenvalue weighted by Gasteiger charge is -2.12. The number of nitrogens with zero attached hydrogens (tertiary/aromatic N) is 4. The first-order valence-electron chi connectivity index (χ1n) is 7.56. The van der Waals surface area contributed by atoms with E-state index in [-0.39, 0.29) is 11.2 Å². The maximum Gasteiger partial charge on any atom is 0.239 e. The van der Waals surface area contributed by atoms with Crippen molar-refractivity contribution < 1.29 is 4.79 Å². The second kappa shape index (κ2) is 8.35. The number of amides is 1. The summed E-state index contributed by atoms with van der Waals surface area (Å²) in [6.45, 7) is 8.15. The smallest absolute Gasteiger partial charge is 0.239 e. The van der Waals surface area contributed by atoms with Crippen LogP contribution in [0.3, 0.4) is 0 Å². The molecule has 0 aliphatic heterocycles. The van der Waals surface area contributed by atoms with Gasteiger partial charge in [0.2, 0.25) is 11.0 Å². The molecule has 1 unspecified atom stereocenters. The summed E-state index contributed by atoms with van der Waals surface area (Å²) in [6.07, 6.45) is 3.10. The third kappa shape index (κ3) is 5.54. The third-order valence-corrected chi connectivity index (χ3v) is 5.14. The van der Waals surface area contributed by atoms with E-state index in [4.69, 9.17) is 0 Å². The van der Waals surface area contributed by atoms with Gasteiger partial charge in [-0.2, -0.15) is 0 Å². The van der Waals surface area contributed by atoms with Gasteiger partial charge < -0.3 is 0 Å². The molecular formula is C15H21N5OS2. The van der Waals surface area contributed by atoms with Crippen LogP contribution >= 0.6 is 23.1 Å². The van der Waals surface area contributed by atoms with Crippen LogP contribution in [-0.2, 0) is 11.2 Å². The van der Waals surface area contributed by atoms with Crippen molar-refractivity contribution in [3.05, 3.63) is 23.1 Å². The molecule has 0 spiro atoms. The molecule has 23 heavy (non-hydrogen) atoms. The number of aryl methyl sites for hydroxylation is 1. The molecule has 2 rings (SSSR count). The first kappa shape index (κ1) is 17.8. The standard InChI is InChI=1S/C15H21N5OS2/c1-5-11(22-12-7-10(4)16-8-17-12)14(21)18-15-20-19-13(23-15)6-9(2)3/h7-9,11H,5-6H2,1-4H3,(H,18,20,21). The van der Waals surface area contributed by atoms with Gasteiger partial charge in [-0.05, 0) is 25.3 Å². The van der Waals surface area contributed by atoms with Crippen molar-refractivity contribution in [3.63, 3.8) is 0 Å². The first-order chi connectivity index (χ1) is 11.0. The molecule has 0 fully saturated rings. The van der Waals surface area contributed by atoms with Gasteiger partial charge in [-0.3, -0.25) is 10.1 Å². The highest BCUT2D eigenvalue weighted by Crippen LogP contribution is 2.26. The summed E-state index contributed by atoms with van der Waals surface area (Å²) in [5.74, 6) is 0.451.